The normalized spacial score (nSPS) is 24.4. The van der Waals surface area contributed by atoms with Gasteiger partial charge in [-0.25, -0.2) is 21.6 Å². The first-order valence-electron chi connectivity index (χ1n) is 6.60. The molecule has 0 aromatic carbocycles. The van der Waals surface area contributed by atoms with Gasteiger partial charge < -0.3 is 5.11 Å². The van der Waals surface area contributed by atoms with Crippen molar-refractivity contribution in [1.82, 2.24) is 4.72 Å². The van der Waals surface area contributed by atoms with E-state index in [0.29, 0.717) is 6.42 Å². The van der Waals surface area contributed by atoms with Gasteiger partial charge in [-0.05, 0) is 25.2 Å². The Morgan fingerprint density at radius 3 is 2.53 bits per heavy atom. The van der Waals surface area contributed by atoms with E-state index in [0.717, 1.165) is 12.8 Å². The smallest absolute Gasteiger partial charge is 0.215 e. The predicted molar refractivity (Wildman–Crippen MR) is 74.1 cm³/mol. The van der Waals surface area contributed by atoms with Gasteiger partial charge in [0.15, 0.2) is 9.84 Å². The Labute approximate surface area is 115 Å². The first-order valence-corrected chi connectivity index (χ1v) is 9.97. The lowest BCUT2D eigenvalue weighted by atomic mass is 10.0. The third-order valence-electron chi connectivity index (χ3n) is 3.44. The monoisotopic (exact) mass is 313 g/mol. The first-order chi connectivity index (χ1) is 8.80. The van der Waals surface area contributed by atoms with Gasteiger partial charge in [-0.15, -0.1) is 0 Å². The fourth-order valence-corrected chi connectivity index (χ4v) is 6.46. The number of sulfone groups is 1. The fourth-order valence-electron chi connectivity index (χ4n) is 2.30. The number of aliphatic hydroxyl groups excluding tert-OH is 1. The molecule has 0 aromatic heterocycles. The number of aliphatic hydroxyl groups is 1. The van der Waals surface area contributed by atoms with Crippen LogP contribution in [0.15, 0.2) is 0 Å². The summed E-state index contributed by atoms with van der Waals surface area (Å²) in [7, 11) is -6.77. The van der Waals surface area contributed by atoms with Crippen LogP contribution >= 0.6 is 0 Å². The van der Waals surface area contributed by atoms with E-state index in [1.807, 2.05) is 6.92 Å². The van der Waals surface area contributed by atoms with Crippen LogP contribution in [0.3, 0.4) is 0 Å². The SMILES string of the molecule is CCCC(CCO)CNS(=O)(=O)C1CCS(=O)(=O)C1. The van der Waals surface area contributed by atoms with Crippen LogP contribution in [-0.2, 0) is 19.9 Å². The third-order valence-corrected chi connectivity index (χ3v) is 7.26. The second-order valence-electron chi connectivity index (χ2n) is 5.09. The van der Waals surface area contributed by atoms with Gasteiger partial charge in [0.05, 0.1) is 16.8 Å². The molecule has 0 bridgehead atoms. The largest absolute Gasteiger partial charge is 0.396 e. The first kappa shape index (κ1) is 16.9. The molecule has 1 saturated heterocycles. The Hall–Kier alpha value is -0.180. The summed E-state index contributed by atoms with van der Waals surface area (Å²) >= 11 is 0. The highest BCUT2D eigenvalue weighted by molar-refractivity contribution is 7.95. The average molecular weight is 313 g/mol. The summed E-state index contributed by atoms with van der Waals surface area (Å²) in [5, 5.41) is 8.09. The van der Waals surface area contributed by atoms with Gasteiger partial charge in [-0.3, -0.25) is 0 Å². The van der Waals surface area contributed by atoms with Crippen molar-refractivity contribution in [2.75, 3.05) is 24.7 Å². The molecule has 1 heterocycles. The summed E-state index contributed by atoms with van der Waals surface area (Å²) in [6, 6.07) is 0. The third kappa shape index (κ3) is 5.37. The molecule has 6 nitrogen and oxygen atoms in total. The lowest BCUT2D eigenvalue weighted by Crippen LogP contribution is -2.38. The van der Waals surface area contributed by atoms with Gasteiger partial charge in [-0.2, -0.15) is 0 Å². The maximum Gasteiger partial charge on any atom is 0.215 e. The highest BCUT2D eigenvalue weighted by Gasteiger charge is 2.37. The second-order valence-corrected chi connectivity index (χ2v) is 9.36. The molecule has 8 heteroatoms. The Kier molecular flexibility index (Phi) is 6.22. The van der Waals surface area contributed by atoms with Gasteiger partial charge in [-0.1, -0.05) is 13.3 Å². The lowest BCUT2D eigenvalue weighted by Gasteiger charge is -2.17. The minimum absolute atomic E-state index is 0.0319. The van der Waals surface area contributed by atoms with Crippen molar-refractivity contribution >= 4 is 19.9 Å². The number of sulfonamides is 1. The van der Waals surface area contributed by atoms with Gasteiger partial charge in [0.2, 0.25) is 10.0 Å². The number of hydrogen-bond donors (Lipinski definition) is 2. The molecule has 0 aromatic rings. The van der Waals surface area contributed by atoms with E-state index in [-0.39, 0.29) is 37.0 Å². The van der Waals surface area contributed by atoms with E-state index in [9.17, 15) is 16.8 Å². The highest BCUT2D eigenvalue weighted by atomic mass is 32.2. The molecular weight excluding hydrogens is 290 g/mol. The highest BCUT2D eigenvalue weighted by Crippen LogP contribution is 2.19. The van der Waals surface area contributed by atoms with E-state index in [1.54, 1.807) is 0 Å². The quantitative estimate of drug-likeness (QED) is 0.651. The van der Waals surface area contributed by atoms with Crippen LogP contribution in [0.1, 0.15) is 32.6 Å². The Balaban J connectivity index is 2.55. The Bertz CT molecular complexity index is 465. The van der Waals surface area contributed by atoms with Crippen LogP contribution in [0.25, 0.3) is 0 Å². The van der Waals surface area contributed by atoms with Crippen LogP contribution in [0, 0.1) is 5.92 Å². The summed E-state index contributed by atoms with van der Waals surface area (Å²) in [6.45, 7) is 2.31. The zero-order valence-corrected chi connectivity index (χ0v) is 12.8. The van der Waals surface area contributed by atoms with Crippen LogP contribution in [0.2, 0.25) is 0 Å². The fraction of sp³-hybridized carbons (Fsp3) is 1.00. The molecule has 114 valence electrons. The molecule has 0 saturated carbocycles. The molecule has 1 aliphatic heterocycles. The molecule has 2 atom stereocenters. The van der Waals surface area contributed by atoms with E-state index in [2.05, 4.69) is 4.72 Å². The summed E-state index contributed by atoms with van der Waals surface area (Å²) in [6.07, 6.45) is 2.49. The van der Waals surface area contributed by atoms with Gasteiger partial charge in [0, 0.05) is 13.2 Å². The van der Waals surface area contributed by atoms with E-state index >= 15 is 0 Å². The van der Waals surface area contributed by atoms with Crippen molar-refractivity contribution < 1.29 is 21.9 Å². The summed E-state index contributed by atoms with van der Waals surface area (Å²) in [5.41, 5.74) is 0. The maximum atomic E-state index is 12.0. The van der Waals surface area contributed by atoms with Crippen molar-refractivity contribution in [1.29, 1.82) is 0 Å². The number of rotatable bonds is 8. The van der Waals surface area contributed by atoms with Crippen molar-refractivity contribution in [3.05, 3.63) is 0 Å². The molecule has 0 amide bonds. The predicted octanol–water partition coefficient (Wildman–Crippen LogP) is -0.108. The van der Waals surface area contributed by atoms with Crippen molar-refractivity contribution in [3.8, 4) is 0 Å². The lowest BCUT2D eigenvalue weighted by molar-refractivity contribution is 0.251. The average Bonchev–Trinajstić information content (AvgIpc) is 2.68. The molecule has 1 fully saturated rings. The van der Waals surface area contributed by atoms with Crippen molar-refractivity contribution in [3.63, 3.8) is 0 Å². The molecule has 0 aliphatic carbocycles. The maximum absolute atomic E-state index is 12.0. The molecule has 2 N–H and O–H groups in total. The van der Waals surface area contributed by atoms with Gasteiger partial charge >= 0.3 is 0 Å². The second kappa shape index (κ2) is 7.01. The molecule has 1 rings (SSSR count). The Morgan fingerprint density at radius 1 is 1.37 bits per heavy atom. The summed E-state index contributed by atoms with van der Waals surface area (Å²) in [5.74, 6) is -0.225. The molecule has 0 spiro atoms. The van der Waals surface area contributed by atoms with Crippen LogP contribution in [-0.4, -0.2) is 51.8 Å². The topological polar surface area (TPSA) is 101 Å². The van der Waals surface area contributed by atoms with Crippen molar-refractivity contribution in [2.24, 2.45) is 5.92 Å². The van der Waals surface area contributed by atoms with Crippen LogP contribution < -0.4 is 4.72 Å². The molecule has 0 radical (unpaired) electrons. The number of nitrogens with one attached hydrogen (secondary N) is 1. The Morgan fingerprint density at radius 2 is 2.05 bits per heavy atom. The van der Waals surface area contributed by atoms with E-state index < -0.39 is 25.1 Å². The standard InChI is InChI=1S/C11H23NO5S2/c1-2-3-10(4-6-13)8-12-19(16,17)11-5-7-18(14,15)9-11/h10-13H,2-9H2,1H3. The minimum Gasteiger partial charge on any atom is -0.396 e. The van der Waals surface area contributed by atoms with E-state index in [1.165, 1.54) is 0 Å². The number of hydrogen-bond acceptors (Lipinski definition) is 5. The molecular formula is C11H23NO5S2. The van der Waals surface area contributed by atoms with Crippen LogP contribution in [0.4, 0.5) is 0 Å². The van der Waals surface area contributed by atoms with Gasteiger partial charge in [0.1, 0.15) is 0 Å². The van der Waals surface area contributed by atoms with Crippen molar-refractivity contribution in [2.45, 2.75) is 37.9 Å². The zero-order valence-electron chi connectivity index (χ0n) is 11.2. The van der Waals surface area contributed by atoms with Gasteiger partial charge in [0.25, 0.3) is 0 Å². The molecule has 2 unspecified atom stereocenters. The summed E-state index contributed by atoms with van der Waals surface area (Å²) < 4.78 is 49.1. The minimum atomic E-state index is -3.57. The van der Waals surface area contributed by atoms with E-state index in [4.69, 9.17) is 5.11 Å². The molecule has 19 heavy (non-hydrogen) atoms. The molecule has 1 aliphatic rings. The van der Waals surface area contributed by atoms with Crippen LogP contribution in [0.5, 0.6) is 0 Å². The summed E-state index contributed by atoms with van der Waals surface area (Å²) in [4.78, 5) is 0. The zero-order chi connectivity index (χ0) is 14.5.